The van der Waals surface area contributed by atoms with E-state index in [0.717, 1.165) is 0 Å². The van der Waals surface area contributed by atoms with Crippen LogP contribution in [0.15, 0.2) is 23.4 Å². The Morgan fingerprint density at radius 3 is 3.07 bits per heavy atom. The van der Waals surface area contributed by atoms with Crippen LogP contribution < -0.4 is 0 Å². The fourth-order valence-electron chi connectivity index (χ4n) is 1.07. The van der Waals surface area contributed by atoms with E-state index in [-0.39, 0.29) is 17.5 Å². The van der Waals surface area contributed by atoms with Crippen LogP contribution in [0.3, 0.4) is 0 Å². The average Bonchev–Trinajstić information content (AvgIpc) is 2.18. The Bertz CT molecular complexity index is 346. The first-order valence-corrected chi connectivity index (χ1v) is 5.39. The van der Waals surface area contributed by atoms with Gasteiger partial charge in [0.05, 0.1) is 9.82 Å². The standard InChI is InChI=1S/C9H12N2O3S/c1-7(3-5-12)15-9-2-4-10-6-8(9)11(13)14/h2,4,6-7,12H,3,5H2,1H3. The van der Waals surface area contributed by atoms with Crippen LogP contribution in [0.4, 0.5) is 5.69 Å². The third kappa shape index (κ3) is 3.49. The minimum absolute atomic E-state index is 0.0206. The summed E-state index contributed by atoms with van der Waals surface area (Å²) in [6.45, 7) is 2.01. The van der Waals surface area contributed by atoms with Gasteiger partial charge in [0.25, 0.3) is 0 Å². The second-order valence-electron chi connectivity index (χ2n) is 3.04. The van der Waals surface area contributed by atoms with Gasteiger partial charge in [-0.25, -0.2) is 0 Å². The SMILES string of the molecule is CC(CCO)Sc1ccncc1[N+](=O)[O-]. The Kier molecular flexibility index (Phi) is 4.51. The van der Waals surface area contributed by atoms with E-state index in [4.69, 9.17) is 5.11 Å². The second kappa shape index (κ2) is 5.67. The molecule has 1 heterocycles. The maximum atomic E-state index is 10.7. The van der Waals surface area contributed by atoms with Crippen LogP contribution in [-0.2, 0) is 0 Å². The molecule has 1 aromatic heterocycles. The van der Waals surface area contributed by atoms with E-state index in [1.54, 1.807) is 6.07 Å². The molecule has 0 fully saturated rings. The summed E-state index contributed by atoms with van der Waals surface area (Å²) in [6, 6.07) is 1.62. The smallest absolute Gasteiger partial charge is 0.300 e. The molecular formula is C9H12N2O3S. The van der Waals surface area contributed by atoms with Crippen molar-refractivity contribution in [1.29, 1.82) is 0 Å². The van der Waals surface area contributed by atoms with Gasteiger partial charge in [-0.3, -0.25) is 15.1 Å². The summed E-state index contributed by atoms with van der Waals surface area (Å²) in [4.78, 5) is 14.5. The molecule has 0 saturated carbocycles. The van der Waals surface area contributed by atoms with Crippen LogP contribution in [-0.4, -0.2) is 26.9 Å². The Labute approximate surface area is 91.7 Å². The van der Waals surface area contributed by atoms with Crippen molar-refractivity contribution in [2.75, 3.05) is 6.61 Å². The molecule has 1 rings (SSSR count). The number of hydrogen-bond donors (Lipinski definition) is 1. The first-order chi connectivity index (χ1) is 7.15. The quantitative estimate of drug-likeness (QED) is 0.473. The lowest BCUT2D eigenvalue weighted by Crippen LogP contribution is -2.00. The second-order valence-corrected chi connectivity index (χ2v) is 4.52. The zero-order valence-corrected chi connectivity index (χ0v) is 9.11. The minimum atomic E-state index is -0.443. The van der Waals surface area contributed by atoms with Crippen molar-refractivity contribution in [2.45, 2.75) is 23.5 Å². The minimum Gasteiger partial charge on any atom is -0.396 e. The number of aliphatic hydroxyl groups is 1. The molecule has 5 nitrogen and oxygen atoms in total. The number of aromatic nitrogens is 1. The van der Waals surface area contributed by atoms with Gasteiger partial charge < -0.3 is 5.11 Å². The summed E-state index contributed by atoms with van der Waals surface area (Å²) < 4.78 is 0. The highest BCUT2D eigenvalue weighted by molar-refractivity contribution is 8.00. The van der Waals surface area contributed by atoms with E-state index >= 15 is 0 Å². The number of hydrogen-bond acceptors (Lipinski definition) is 5. The molecule has 0 saturated heterocycles. The molecule has 1 atom stereocenters. The Morgan fingerprint density at radius 2 is 2.47 bits per heavy atom. The molecule has 1 N–H and O–H groups in total. The maximum Gasteiger partial charge on any atom is 0.300 e. The van der Waals surface area contributed by atoms with Crippen molar-refractivity contribution in [3.05, 3.63) is 28.6 Å². The van der Waals surface area contributed by atoms with Gasteiger partial charge in [-0.2, -0.15) is 0 Å². The summed E-state index contributed by atoms with van der Waals surface area (Å²) >= 11 is 1.38. The Morgan fingerprint density at radius 1 is 1.73 bits per heavy atom. The lowest BCUT2D eigenvalue weighted by atomic mass is 10.3. The molecule has 6 heteroatoms. The number of rotatable bonds is 5. The van der Waals surface area contributed by atoms with E-state index in [1.807, 2.05) is 6.92 Å². The van der Waals surface area contributed by atoms with Gasteiger partial charge in [0.15, 0.2) is 0 Å². The first kappa shape index (κ1) is 11.9. The van der Waals surface area contributed by atoms with Crippen molar-refractivity contribution in [2.24, 2.45) is 0 Å². The van der Waals surface area contributed by atoms with Crippen molar-refractivity contribution in [3.8, 4) is 0 Å². The number of pyridine rings is 1. The molecule has 0 spiro atoms. The highest BCUT2D eigenvalue weighted by atomic mass is 32.2. The molecule has 0 radical (unpaired) electrons. The largest absolute Gasteiger partial charge is 0.396 e. The van der Waals surface area contributed by atoms with Crippen LogP contribution in [0.25, 0.3) is 0 Å². The van der Waals surface area contributed by atoms with Crippen molar-refractivity contribution in [3.63, 3.8) is 0 Å². The van der Waals surface area contributed by atoms with Crippen LogP contribution in [0.1, 0.15) is 13.3 Å². The number of nitrogens with zero attached hydrogens (tertiary/aromatic N) is 2. The van der Waals surface area contributed by atoms with Gasteiger partial charge in [-0.1, -0.05) is 6.92 Å². The Hall–Kier alpha value is -1.14. The lowest BCUT2D eigenvalue weighted by Gasteiger charge is -2.08. The van der Waals surface area contributed by atoms with Gasteiger partial charge in [0, 0.05) is 18.1 Å². The lowest BCUT2D eigenvalue weighted by molar-refractivity contribution is -0.388. The van der Waals surface area contributed by atoms with Gasteiger partial charge >= 0.3 is 5.69 Å². The van der Waals surface area contributed by atoms with Crippen LogP contribution >= 0.6 is 11.8 Å². The summed E-state index contributed by atoms with van der Waals surface area (Å²) in [6.07, 6.45) is 3.39. The fraction of sp³-hybridized carbons (Fsp3) is 0.444. The number of thioether (sulfide) groups is 1. The van der Waals surface area contributed by atoms with E-state index in [2.05, 4.69) is 4.98 Å². The third-order valence-electron chi connectivity index (χ3n) is 1.82. The molecule has 1 aromatic rings. The van der Waals surface area contributed by atoms with Gasteiger partial charge in [0.2, 0.25) is 0 Å². The molecule has 0 bridgehead atoms. The molecular weight excluding hydrogens is 216 g/mol. The fourth-order valence-corrected chi connectivity index (χ4v) is 2.11. The zero-order chi connectivity index (χ0) is 11.3. The third-order valence-corrected chi connectivity index (χ3v) is 3.06. The molecule has 15 heavy (non-hydrogen) atoms. The topological polar surface area (TPSA) is 76.3 Å². The van der Waals surface area contributed by atoms with Crippen molar-refractivity contribution >= 4 is 17.4 Å². The number of aliphatic hydroxyl groups excluding tert-OH is 1. The molecule has 0 aliphatic rings. The highest BCUT2D eigenvalue weighted by Gasteiger charge is 2.15. The van der Waals surface area contributed by atoms with Crippen LogP contribution in [0.2, 0.25) is 0 Å². The molecule has 0 amide bonds. The molecule has 0 aliphatic carbocycles. The van der Waals surface area contributed by atoms with Crippen LogP contribution in [0, 0.1) is 10.1 Å². The predicted octanol–water partition coefficient (Wildman–Crippen LogP) is 1.85. The molecule has 0 aliphatic heterocycles. The summed E-state index contributed by atoms with van der Waals surface area (Å²) in [5, 5.41) is 19.5. The van der Waals surface area contributed by atoms with Crippen LogP contribution in [0.5, 0.6) is 0 Å². The van der Waals surface area contributed by atoms with Gasteiger partial charge in [0.1, 0.15) is 6.20 Å². The first-order valence-electron chi connectivity index (χ1n) is 4.51. The summed E-state index contributed by atoms with van der Waals surface area (Å²) in [5.74, 6) is 0. The summed E-state index contributed by atoms with van der Waals surface area (Å²) in [5.41, 5.74) is 0.0206. The van der Waals surface area contributed by atoms with E-state index in [0.29, 0.717) is 11.3 Å². The average molecular weight is 228 g/mol. The predicted molar refractivity (Wildman–Crippen MR) is 57.9 cm³/mol. The van der Waals surface area contributed by atoms with E-state index < -0.39 is 4.92 Å². The molecule has 0 aromatic carbocycles. The molecule has 1 unspecified atom stereocenters. The Balaban J connectivity index is 2.79. The van der Waals surface area contributed by atoms with Crippen molar-refractivity contribution in [1.82, 2.24) is 4.98 Å². The maximum absolute atomic E-state index is 10.7. The summed E-state index contributed by atoms with van der Waals surface area (Å²) in [7, 11) is 0. The van der Waals surface area contributed by atoms with Gasteiger partial charge in [-0.05, 0) is 12.5 Å². The van der Waals surface area contributed by atoms with Gasteiger partial charge in [-0.15, -0.1) is 11.8 Å². The normalized spacial score (nSPS) is 12.4. The van der Waals surface area contributed by atoms with Crippen molar-refractivity contribution < 1.29 is 10.0 Å². The number of nitro groups is 1. The van der Waals surface area contributed by atoms with E-state index in [9.17, 15) is 10.1 Å². The monoisotopic (exact) mass is 228 g/mol. The highest BCUT2D eigenvalue weighted by Crippen LogP contribution is 2.31. The molecule has 82 valence electrons. The van der Waals surface area contributed by atoms with E-state index in [1.165, 1.54) is 24.2 Å². The zero-order valence-electron chi connectivity index (χ0n) is 8.29.